The van der Waals surface area contributed by atoms with Gasteiger partial charge in [-0.2, -0.15) is 0 Å². The van der Waals surface area contributed by atoms with Gasteiger partial charge in [-0.15, -0.1) is 0 Å². The zero-order valence-corrected chi connectivity index (χ0v) is 22.5. The maximum atomic E-state index is 13.5. The predicted molar refractivity (Wildman–Crippen MR) is 149 cm³/mol. The van der Waals surface area contributed by atoms with Crippen LogP contribution in [0.15, 0.2) is 73.2 Å². The maximum absolute atomic E-state index is 13.5. The van der Waals surface area contributed by atoms with Crippen LogP contribution in [-0.2, 0) is 38.4 Å². The van der Waals surface area contributed by atoms with Gasteiger partial charge in [0.2, 0.25) is 17.7 Å². The molecule has 11 heteroatoms. The van der Waals surface area contributed by atoms with Gasteiger partial charge < -0.3 is 31.8 Å². The van der Waals surface area contributed by atoms with Crippen LogP contribution in [0.3, 0.4) is 0 Å². The number of nitrogens with one attached hydrogen (secondary N) is 4. The topological polar surface area (TPSA) is 179 Å². The van der Waals surface area contributed by atoms with Crippen LogP contribution in [0.1, 0.15) is 30.7 Å². The lowest BCUT2D eigenvalue weighted by Crippen LogP contribution is -2.59. The Hall–Kier alpha value is -4.51. The predicted octanol–water partition coefficient (Wildman–Crippen LogP) is 0.960. The van der Waals surface area contributed by atoms with E-state index in [0.717, 1.165) is 11.1 Å². The summed E-state index contributed by atoms with van der Waals surface area (Å²) in [5.74, 6) is -3.32. The number of aromatic nitrogens is 2. The lowest BCUT2D eigenvalue weighted by molar-refractivity contribution is -0.142. The van der Waals surface area contributed by atoms with Crippen molar-refractivity contribution in [2.24, 2.45) is 11.7 Å². The van der Waals surface area contributed by atoms with Crippen LogP contribution in [0.5, 0.6) is 0 Å². The van der Waals surface area contributed by atoms with Gasteiger partial charge >= 0.3 is 5.97 Å². The molecule has 0 saturated heterocycles. The van der Waals surface area contributed by atoms with Crippen LogP contribution in [0.25, 0.3) is 0 Å². The Labute approximate surface area is 233 Å². The van der Waals surface area contributed by atoms with Gasteiger partial charge in [0, 0.05) is 31.2 Å². The molecule has 2 aromatic carbocycles. The molecule has 0 spiro atoms. The van der Waals surface area contributed by atoms with Gasteiger partial charge in [-0.05, 0) is 17.0 Å². The van der Waals surface area contributed by atoms with E-state index in [1.165, 1.54) is 6.33 Å². The molecule has 7 N–H and O–H groups in total. The van der Waals surface area contributed by atoms with Crippen LogP contribution in [0.4, 0.5) is 0 Å². The number of nitrogens with two attached hydrogens (primary N) is 1. The summed E-state index contributed by atoms with van der Waals surface area (Å²) in [7, 11) is 0. The molecule has 212 valence electrons. The fourth-order valence-corrected chi connectivity index (χ4v) is 4.16. The minimum absolute atomic E-state index is 0.0849. The summed E-state index contributed by atoms with van der Waals surface area (Å²) in [6.07, 6.45) is 3.49. The summed E-state index contributed by atoms with van der Waals surface area (Å²) in [5.41, 5.74) is 8.30. The van der Waals surface area contributed by atoms with E-state index >= 15 is 0 Å². The molecule has 0 radical (unpaired) electrons. The number of aliphatic carboxylic acids is 1. The molecule has 0 aliphatic heterocycles. The van der Waals surface area contributed by atoms with Crippen molar-refractivity contribution >= 4 is 23.7 Å². The third kappa shape index (κ3) is 9.05. The summed E-state index contributed by atoms with van der Waals surface area (Å²) in [5, 5.41) is 17.7. The van der Waals surface area contributed by atoms with Gasteiger partial charge in [-0.25, -0.2) is 9.78 Å². The molecule has 0 aliphatic carbocycles. The molecule has 4 unspecified atom stereocenters. The normalized spacial score (nSPS) is 14.0. The fourth-order valence-electron chi connectivity index (χ4n) is 4.16. The number of hydrogen-bond acceptors (Lipinski definition) is 6. The first-order valence-electron chi connectivity index (χ1n) is 13.1. The monoisotopic (exact) mass is 548 g/mol. The van der Waals surface area contributed by atoms with Crippen molar-refractivity contribution < 1.29 is 24.3 Å². The molecule has 1 aromatic heterocycles. The summed E-state index contributed by atoms with van der Waals surface area (Å²) in [4.78, 5) is 58.3. The Morgan fingerprint density at radius 3 is 1.85 bits per heavy atom. The zero-order valence-electron chi connectivity index (χ0n) is 22.5. The summed E-state index contributed by atoms with van der Waals surface area (Å²) < 4.78 is 0. The van der Waals surface area contributed by atoms with Gasteiger partial charge in [0.15, 0.2) is 0 Å². The van der Waals surface area contributed by atoms with Crippen molar-refractivity contribution in [3.63, 3.8) is 0 Å². The first kappa shape index (κ1) is 30.0. The number of carboxylic acids is 1. The molecule has 3 aromatic rings. The van der Waals surface area contributed by atoms with E-state index in [4.69, 9.17) is 5.73 Å². The smallest absolute Gasteiger partial charge is 0.326 e. The first-order chi connectivity index (χ1) is 19.1. The molecule has 1 heterocycles. The van der Waals surface area contributed by atoms with E-state index in [0.29, 0.717) is 5.69 Å². The van der Waals surface area contributed by atoms with Crippen LogP contribution in [0, 0.1) is 5.92 Å². The average Bonchev–Trinajstić information content (AvgIpc) is 3.44. The molecular weight excluding hydrogens is 512 g/mol. The highest BCUT2D eigenvalue weighted by molar-refractivity contribution is 5.94. The van der Waals surface area contributed by atoms with E-state index < -0.39 is 47.9 Å². The molecule has 0 fully saturated rings. The van der Waals surface area contributed by atoms with Crippen LogP contribution in [0.2, 0.25) is 0 Å². The van der Waals surface area contributed by atoms with Gasteiger partial charge in [0.05, 0.1) is 12.4 Å². The van der Waals surface area contributed by atoms with Crippen molar-refractivity contribution in [2.45, 2.75) is 57.3 Å². The quantitative estimate of drug-likeness (QED) is 0.174. The molecule has 0 bridgehead atoms. The Morgan fingerprint density at radius 2 is 1.35 bits per heavy atom. The number of H-pyrrole nitrogens is 1. The number of rotatable bonds is 14. The van der Waals surface area contributed by atoms with Crippen molar-refractivity contribution in [3.05, 3.63) is 90.0 Å². The van der Waals surface area contributed by atoms with Crippen molar-refractivity contribution in [3.8, 4) is 0 Å². The lowest BCUT2D eigenvalue weighted by Gasteiger charge is -2.27. The van der Waals surface area contributed by atoms with Gasteiger partial charge in [0.25, 0.3) is 0 Å². The number of carbonyl (C=O) groups excluding carboxylic acids is 3. The number of aromatic amines is 1. The molecule has 3 amide bonds. The minimum atomic E-state index is -1.19. The highest BCUT2D eigenvalue weighted by Crippen LogP contribution is 2.09. The highest BCUT2D eigenvalue weighted by atomic mass is 16.4. The average molecular weight is 549 g/mol. The first-order valence-corrected chi connectivity index (χ1v) is 13.1. The standard InChI is InChI=1S/C29H36N6O5/c1-18(2)25(28(38)34-24(29(39)40)14-20-11-7-4-8-12-20)35-27(37)23(13-19-9-5-3-6-10-19)33-26(36)22(30)15-21-16-31-17-32-21/h3-12,16-18,22-25H,13-15,30H2,1-2H3,(H,31,32)(H,33,36)(H,34,38)(H,35,37)(H,39,40). The van der Waals surface area contributed by atoms with Crippen molar-refractivity contribution in [2.75, 3.05) is 0 Å². The number of carboxylic acid groups (broad SMARTS) is 1. The number of imidazole rings is 1. The van der Waals surface area contributed by atoms with E-state index in [1.807, 2.05) is 36.4 Å². The summed E-state index contributed by atoms with van der Waals surface area (Å²) in [6, 6.07) is 13.9. The SMILES string of the molecule is CC(C)C(NC(=O)C(Cc1ccccc1)NC(=O)C(N)Cc1cnc[nH]1)C(=O)NC(Cc1ccccc1)C(=O)O. The van der Waals surface area contributed by atoms with Crippen LogP contribution in [-0.4, -0.2) is 62.9 Å². The largest absolute Gasteiger partial charge is 0.480 e. The number of benzene rings is 2. The minimum Gasteiger partial charge on any atom is -0.480 e. The maximum Gasteiger partial charge on any atom is 0.326 e. The number of carbonyl (C=O) groups is 4. The van der Waals surface area contributed by atoms with Crippen LogP contribution < -0.4 is 21.7 Å². The lowest BCUT2D eigenvalue weighted by atomic mass is 9.99. The molecule has 0 aliphatic rings. The third-order valence-electron chi connectivity index (χ3n) is 6.39. The molecule has 0 saturated carbocycles. The number of hydrogen-bond donors (Lipinski definition) is 6. The third-order valence-corrected chi connectivity index (χ3v) is 6.39. The zero-order chi connectivity index (χ0) is 29.1. The molecule has 11 nitrogen and oxygen atoms in total. The second kappa shape index (κ2) is 14.6. The second-order valence-electron chi connectivity index (χ2n) is 9.96. The number of nitrogens with zero attached hydrogens (tertiary/aromatic N) is 1. The van der Waals surface area contributed by atoms with Gasteiger partial charge in [0.1, 0.15) is 18.1 Å². The van der Waals surface area contributed by atoms with E-state index in [-0.39, 0.29) is 25.2 Å². The Bertz CT molecular complexity index is 1250. The van der Waals surface area contributed by atoms with E-state index in [9.17, 15) is 24.3 Å². The Balaban J connectivity index is 1.73. The van der Waals surface area contributed by atoms with Crippen molar-refractivity contribution in [1.82, 2.24) is 25.9 Å². The molecule has 4 atom stereocenters. The summed E-state index contributed by atoms with van der Waals surface area (Å²) in [6.45, 7) is 3.48. The van der Waals surface area contributed by atoms with Gasteiger partial charge in [-0.1, -0.05) is 74.5 Å². The van der Waals surface area contributed by atoms with Crippen LogP contribution >= 0.6 is 0 Å². The Kier molecular flexibility index (Phi) is 11.0. The Morgan fingerprint density at radius 1 is 0.800 bits per heavy atom. The fraction of sp³-hybridized carbons (Fsp3) is 0.345. The van der Waals surface area contributed by atoms with E-state index in [1.54, 1.807) is 44.3 Å². The second-order valence-corrected chi connectivity index (χ2v) is 9.96. The van der Waals surface area contributed by atoms with Crippen molar-refractivity contribution in [1.29, 1.82) is 0 Å². The molecular formula is C29H36N6O5. The van der Waals surface area contributed by atoms with E-state index in [2.05, 4.69) is 25.9 Å². The molecule has 40 heavy (non-hydrogen) atoms. The molecule has 3 rings (SSSR count). The summed E-state index contributed by atoms with van der Waals surface area (Å²) >= 11 is 0. The highest BCUT2D eigenvalue weighted by Gasteiger charge is 2.32. The number of amides is 3. The van der Waals surface area contributed by atoms with Gasteiger partial charge in [-0.3, -0.25) is 14.4 Å².